The minimum atomic E-state index is 0.128. The van der Waals surface area contributed by atoms with Crippen molar-refractivity contribution in [2.24, 2.45) is 11.8 Å². The zero-order valence-electron chi connectivity index (χ0n) is 10.4. The van der Waals surface area contributed by atoms with Gasteiger partial charge in [0.15, 0.2) is 0 Å². The molecule has 3 saturated heterocycles. The molecule has 3 atom stereocenters. The lowest BCUT2D eigenvalue weighted by Crippen LogP contribution is -2.51. The Morgan fingerprint density at radius 3 is 3.00 bits per heavy atom. The highest BCUT2D eigenvalue weighted by atomic mass is 16.5. The van der Waals surface area contributed by atoms with E-state index in [1.807, 2.05) is 0 Å². The predicted molar refractivity (Wildman–Crippen MR) is 64.6 cm³/mol. The maximum atomic E-state index is 12.5. The monoisotopic (exact) mass is 238 g/mol. The Morgan fingerprint density at radius 1 is 1.24 bits per heavy atom. The first-order chi connectivity index (χ1) is 8.36. The summed E-state index contributed by atoms with van der Waals surface area (Å²) in [6, 6.07) is 0.457. The molecule has 0 bridgehead atoms. The van der Waals surface area contributed by atoms with Crippen LogP contribution in [0.15, 0.2) is 0 Å². The Balaban J connectivity index is 1.67. The van der Waals surface area contributed by atoms with E-state index in [1.54, 1.807) is 0 Å². The second kappa shape index (κ2) is 4.94. The molecular formula is C13H22N2O2. The molecular weight excluding hydrogens is 216 g/mol. The van der Waals surface area contributed by atoms with Crippen molar-refractivity contribution in [3.63, 3.8) is 0 Å². The summed E-state index contributed by atoms with van der Waals surface area (Å²) < 4.78 is 5.44. The topological polar surface area (TPSA) is 41.6 Å². The van der Waals surface area contributed by atoms with E-state index in [4.69, 9.17) is 4.74 Å². The Hall–Kier alpha value is -0.610. The third kappa shape index (κ3) is 2.20. The van der Waals surface area contributed by atoms with Gasteiger partial charge in [-0.3, -0.25) is 4.79 Å². The van der Waals surface area contributed by atoms with Crippen molar-refractivity contribution < 1.29 is 9.53 Å². The Bertz CT molecular complexity index is 289. The fourth-order valence-corrected chi connectivity index (χ4v) is 3.51. The van der Waals surface area contributed by atoms with Gasteiger partial charge in [0.1, 0.15) is 0 Å². The Morgan fingerprint density at radius 2 is 2.18 bits per heavy atom. The van der Waals surface area contributed by atoms with Crippen LogP contribution in [0.1, 0.15) is 25.7 Å². The molecule has 0 aromatic rings. The average Bonchev–Trinajstić information content (AvgIpc) is 2.87. The molecule has 3 aliphatic heterocycles. The fraction of sp³-hybridized carbons (Fsp3) is 0.923. The number of ether oxygens (including phenoxy) is 1. The summed E-state index contributed by atoms with van der Waals surface area (Å²) in [6.45, 7) is 4.51. The van der Waals surface area contributed by atoms with Crippen LogP contribution in [-0.4, -0.2) is 49.7 Å². The van der Waals surface area contributed by atoms with Crippen LogP contribution in [0.3, 0.4) is 0 Å². The third-order valence-electron chi connectivity index (χ3n) is 4.47. The van der Waals surface area contributed by atoms with Crippen molar-refractivity contribution in [1.29, 1.82) is 0 Å². The van der Waals surface area contributed by atoms with E-state index in [0.717, 1.165) is 39.1 Å². The number of amides is 1. The van der Waals surface area contributed by atoms with Crippen LogP contribution in [0.25, 0.3) is 0 Å². The molecule has 3 fully saturated rings. The predicted octanol–water partition coefficient (Wildman–Crippen LogP) is 0.623. The SMILES string of the molecule is O=C(C1CCCOC1)N1CCCC2CNCC21. The zero-order valence-corrected chi connectivity index (χ0v) is 10.4. The van der Waals surface area contributed by atoms with E-state index in [2.05, 4.69) is 10.2 Å². The van der Waals surface area contributed by atoms with Gasteiger partial charge >= 0.3 is 0 Å². The van der Waals surface area contributed by atoms with Gasteiger partial charge in [0, 0.05) is 32.3 Å². The minimum Gasteiger partial charge on any atom is -0.381 e. The summed E-state index contributed by atoms with van der Waals surface area (Å²) in [5, 5.41) is 3.43. The molecule has 0 aliphatic carbocycles. The molecule has 0 spiro atoms. The van der Waals surface area contributed by atoms with Crippen molar-refractivity contribution in [2.45, 2.75) is 31.7 Å². The van der Waals surface area contributed by atoms with E-state index >= 15 is 0 Å². The maximum absolute atomic E-state index is 12.5. The summed E-state index contributed by atoms with van der Waals surface area (Å²) in [5.74, 6) is 1.17. The maximum Gasteiger partial charge on any atom is 0.228 e. The molecule has 96 valence electrons. The van der Waals surface area contributed by atoms with Gasteiger partial charge in [0.05, 0.1) is 12.5 Å². The number of rotatable bonds is 1. The van der Waals surface area contributed by atoms with E-state index in [9.17, 15) is 4.79 Å². The van der Waals surface area contributed by atoms with Gasteiger partial charge < -0.3 is 15.0 Å². The number of fused-ring (bicyclic) bond motifs is 1. The number of likely N-dealkylation sites (tertiary alicyclic amines) is 1. The van der Waals surface area contributed by atoms with Crippen molar-refractivity contribution in [2.75, 3.05) is 32.8 Å². The first-order valence-corrected chi connectivity index (χ1v) is 6.95. The highest BCUT2D eigenvalue weighted by Crippen LogP contribution is 2.29. The van der Waals surface area contributed by atoms with E-state index < -0.39 is 0 Å². The summed E-state index contributed by atoms with van der Waals surface area (Å²) in [4.78, 5) is 14.7. The van der Waals surface area contributed by atoms with Crippen LogP contribution in [0.5, 0.6) is 0 Å². The van der Waals surface area contributed by atoms with E-state index in [-0.39, 0.29) is 5.92 Å². The number of carbonyl (C=O) groups is 1. The summed E-state index contributed by atoms with van der Waals surface area (Å²) in [6.07, 6.45) is 4.50. The number of piperidine rings is 1. The average molecular weight is 238 g/mol. The van der Waals surface area contributed by atoms with Gasteiger partial charge in [-0.05, 0) is 31.6 Å². The molecule has 3 rings (SSSR count). The molecule has 1 amide bonds. The van der Waals surface area contributed by atoms with Gasteiger partial charge in [-0.25, -0.2) is 0 Å². The Kier molecular flexibility index (Phi) is 3.34. The normalized spacial score (nSPS) is 37.9. The lowest BCUT2D eigenvalue weighted by atomic mass is 9.90. The molecule has 17 heavy (non-hydrogen) atoms. The van der Waals surface area contributed by atoms with E-state index in [0.29, 0.717) is 24.5 Å². The summed E-state index contributed by atoms with van der Waals surface area (Å²) in [7, 11) is 0. The molecule has 3 heterocycles. The van der Waals surface area contributed by atoms with Crippen molar-refractivity contribution in [1.82, 2.24) is 10.2 Å². The highest BCUT2D eigenvalue weighted by molar-refractivity contribution is 5.79. The van der Waals surface area contributed by atoms with Crippen LogP contribution in [-0.2, 0) is 9.53 Å². The second-order valence-electron chi connectivity index (χ2n) is 5.57. The minimum absolute atomic E-state index is 0.128. The van der Waals surface area contributed by atoms with Crippen LogP contribution >= 0.6 is 0 Å². The summed E-state index contributed by atoms with van der Waals surface area (Å²) in [5.41, 5.74) is 0. The van der Waals surface area contributed by atoms with Crippen LogP contribution in [0.2, 0.25) is 0 Å². The number of nitrogens with one attached hydrogen (secondary N) is 1. The number of hydrogen-bond donors (Lipinski definition) is 1. The lowest BCUT2D eigenvalue weighted by molar-refractivity contribution is -0.144. The van der Waals surface area contributed by atoms with Crippen molar-refractivity contribution in [3.05, 3.63) is 0 Å². The standard InChI is InChI=1S/C13H22N2O2/c16-13(11-4-2-6-17-9-11)15-5-1-3-10-7-14-8-12(10)15/h10-12,14H,1-9H2. The summed E-state index contributed by atoms with van der Waals surface area (Å²) >= 11 is 0. The van der Waals surface area contributed by atoms with Crippen LogP contribution in [0.4, 0.5) is 0 Å². The number of nitrogens with zero attached hydrogens (tertiary/aromatic N) is 1. The molecule has 4 nitrogen and oxygen atoms in total. The zero-order chi connectivity index (χ0) is 11.7. The van der Waals surface area contributed by atoms with Gasteiger partial charge in [-0.2, -0.15) is 0 Å². The van der Waals surface area contributed by atoms with E-state index in [1.165, 1.54) is 12.8 Å². The first-order valence-electron chi connectivity index (χ1n) is 6.95. The second-order valence-corrected chi connectivity index (χ2v) is 5.57. The van der Waals surface area contributed by atoms with Gasteiger partial charge in [0.2, 0.25) is 5.91 Å². The molecule has 0 aromatic carbocycles. The molecule has 0 saturated carbocycles. The fourth-order valence-electron chi connectivity index (χ4n) is 3.51. The van der Waals surface area contributed by atoms with Crippen LogP contribution < -0.4 is 5.32 Å². The third-order valence-corrected chi connectivity index (χ3v) is 4.47. The largest absolute Gasteiger partial charge is 0.381 e. The molecule has 4 heteroatoms. The highest BCUT2D eigenvalue weighted by Gasteiger charge is 2.39. The molecule has 3 unspecified atom stereocenters. The number of hydrogen-bond acceptors (Lipinski definition) is 3. The first kappa shape index (κ1) is 11.5. The smallest absolute Gasteiger partial charge is 0.228 e. The van der Waals surface area contributed by atoms with Crippen molar-refractivity contribution in [3.8, 4) is 0 Å². The molecule has 0 radical (unpaired) electrons. The number of carbonyl (C=O) groups excluding carboxylic acids is 1. The molecule has 0 aromatic heterocycles. The molecule has 1 N–H and O–H groups in total. The van der Waals surface area contributed by atoms with Crippen molar-refractivity contribution >= 4 is 5.91 Å². The van der Waals surface area contributed by atoms with Gasteiger partial charge in [0.25, 0.3) is 0 Å². The molecule has 3 aliphatic rings. The Labute approximate surface area is 103 Å². The lowest BCUT2D eigenvalue weighted by Gasteiger charge is -2.39. The van der Waals surface area contributed by atoms with Gasteiger partial charge in [-0.1, -0.05) is 0 Å². The quantitative estimate of drug-likeness (QED) is 0.728. The van der Waals surface area contributed by atoms with Crippen LogP contribution in [0, 0.1) is 11.8 Å². The van der Waals surface area contributed by atoms with Gasteiger partial charge in [-0.15, -0.1) is 0 Å².